The molecule has 1 rings (SSSR count). The van der Waals surface area contributed by atoms with E-state index in [-0.39, 0.29) is 0 Å². The smallest absolute Gasteiger partial charge is 0.354 e. The lowest BCUT2D eigenvalue weighted by Gasteiger charge is -2.10. The SMILES string of the molecule is CCCNC(=O)C(C)n1cc(C(=O)C(F)(F)F)nn1. The standard InChI is InChI=1S/C10H13F3N4O2/c1-3-4-14-9(19)6(2)17-5-7(15-16-17)8(18)10(11,12)13/h5-6H,3-4H2,1-2H3,(H,14,19). The molecule has 0 bridgehead atoms. The average Bonchev–Trinajstić information content (AvgIpc) is 2.82. The number of aromatic nitrogens is 3. The summed E-state index contributed by atoms with van der Waals surface area (Å²) < 4.78 is 37.4. The monoisotopic (exact) mass is 278 g/mol. The third-order valence-corrected chi connectivity index (χ3v) is 2.33. The van der Waals surface area contributed by atoms with E-state index < -0.39 is 29.6 Å². The molecule has 6 nitrogen and oxygen atoms in total. The van der Waals surface area contributed by atoms with Crippen LogP contribution in [0.5, 0.6) is 0 Å². The lowest BCUT2D eigenvalue weighted by Crippen LogP contribution is -2.31. The molecule has 1 N–H and O–H groups in total. The van der Waals surface area contributed by atoms with E-state index in [2.05, 4.69) is 15.6 Å². The fourth-order valence-electron chi connectivity index (χ4n) is 1.23. The van der Waals surface area contributed by atoms with E-state index in [1.807, 2.05) is 6.92 Å². The molecule has 1 aromatic heterocycles. The van der Waals surface area contributed by atoms with Gasteiger partial charge in [0.1, 0.15) is 6.04 Å². The van der Waals surface area contributed by atoms with Gasteiger partial charge in [0.05, 0.1) is 6.20 Å². The minimum atomic E-state index is -5.01. The Labute approximate surface area is 107 Å². The van der Waals surface area contributed by atoms with E-state index in [1.54, 1.807) is 0 Å². The number of nitrogens with zero attached hydrogens (tertiary/aromatic N) is 3. The zero-order valence-corrected chi connectivity index (χ0v) is 10.4. The minimum Gasteiger partial charge on any atom is -0.354 e. The molecule has 9 heteroatoms. The molecule has 0 aliphatic carbocycles. The van der Waals surface area contributed by atoms with Crippen LogP contribution in [0.4, 0.5) is 13.2 Å². The van der Waals surface area contributed by atoms with Crippen molar-refractivity contribution in [2.75, 3.05) is 6.54 Å². The Morgan fingerprint density at radius 1 is 1.47 bits per heavy atom. The number of carbonyl (C=O) groups is 2. The van der Waals surface area contributed by atoms with Crippen molar-refractivity contribution in [3.8, 4) is 0 Å². The van der Waals surface area contributed by atoms with Gasteiger partial charge in [-0.15, -0.1) is 5.10 Å². The first-order valence-corrected chi connectivity index (χ1v) is 5.58. The van der Waals surface area contributed by atoms with E-state index in [4.69, 9.17) is 0 Å². The summed E-state index contributed by atoms with van der Waals surface area (Å²) in [5.74, 6) is -2.49. The highest BCUT2D eigenvalue weighted by Crippen LogP contribution is 2.20. The van der Waals surface area contributed by atoms with Crippen LogP contribution in [0.3, 0.4) is 0 Å². The lowest BCUT2D eigenvalue weighted by atomic mass is 10.3. The third-order valence-electron chi connectivity index (χ3n) is 2.33. The Morgan fingerprint density at radius 2 is 2.11 bits per heavy atom. The number of ketones is 1. The maximum absolute atomic E-state index is 12.2. The number of Topliss-reactive ketones (excluding diaryl/α,β-unsaturated/α-hetero) is 1. The number of alkyl halides is 3. The third kappa shape index (κ3) is 3.76. The Hall–Kier alpha value is -1.93. The molecule has 0 aromatic carbocycles. The molecule has 0 radical (unpaired) electrons. The van der Waals surface area contributed by atoms with E-state index in [0.717, 1.165) is 17.3 Å². The zero-order chi connectivity index (χ0) is 14.6. The number of carbonyl (C=O) groups excluding carboxylic acids is 2. The second-order valence-corrected chi connectivity index (χ2v) is 3.88. The van der Waals surface area contributed by atoms with E-state index in [1.165, 1.54) is 6.92 Å². The van der Waals surface area contributed by atoms with Crippen molar-refractivity contribution in [1.29, 1.82) is 0 Å². The maximum Gasteiger partial charge on any atom is 0.456 e. The van der Waals surface area contributed by atoms with E-state index in [0.29, 0.717) is 6.54 Å². The van der Waals surface area contributed by atoms with Gasteiger partial charge in [0.15, 0.2) is 5.69 Å². The molecule has 1 aromatic rings. The molecule has 19 heavy (non-hydrogen) atoms. The molecule has 1 heterocycles. The van der Waals surface area contributed by atoms with Crippen LogP contribution >= 0.6 is 0 Å². The predicted octanol–water partition coefficient (Wildman–Crippen LogP) is 1.11. The highest BCUT2D eigenvalue weighted by atomic mass is 19.4. The number of nitrogens with one attached hydrogen (secondary N) is 1. The first-order valence-electron chi connectivity index (χ1n) is 5.58. The van der Waals surface area contributed by atoms with Crippen LogP contribution in [0.1, 0.15) is 36.8 Å². The Bertz CT molecular complexity index is 470. The molecule has 1 amide bonds. The van der Waals surface area contributed by atoms with Crippen LogP contribution in [0.25, 0.3) is 0 Å². The molecular formula is C10H13F3N4O2. The second kappa shape index (κ2) is 5.81. The summed E-state index contributed by atoms with van der Waals surface area (Å²) in [4.78, 5) is 22.5. The highest BCUT2D eigenvalue weighted by molar-refractivity contribution is 5.98. The molecule has 1 unspecified atom stereocenters. The van der Waals surface area contributed by atoms with Crippen molar-refractivity contribution < 1.29 is 22.8 Å². The van der Waals surface area contributed by atoms with Crippen LogP contribution in [-0.2, 0) is 4.79 Å². The summed E-state index contributed by atoms with van der Waals surface area (Å²) in [7, 11) is 0. The summed E-state index contributed by atoms with van der Waals surface area (Å²) in [6, 6.07) is -0.839. The lowest BCUT2D eigenvalue weighted by molar-refractivity contribution is -0.124. The molecule has 0 aliphatic heterocycles. The topological polar surface area (TPSA) is 76.9 Å². The van der Waals surface area contributed by atoms with Gasteiger partial charge in [-0.3, -0.25) is 9.59 Å². The van der Waals surface area contributed by atoms with Gasteiger partial charge in [-0.25, -0.2) is 4.68 Å². The number of amides is 1. The van der Waals surface area contributed by atoms with Gasteiger partial charge in [0.2, 0.25) is 5.91 Å². The molecule has 1 atom stereocenters. The van der Waals surface area contributed by atoms with Crippen molar-refractivity contribution in [3.05, 3.63) is 11.9 Å². The van der Waals surface area contributed by atoms with Crippen LogP contribution in [0, 0.1) is 0 Å². The molecule has 0 saturated carbocycles. The average molecular weight is 278 g/mol. The summed E-state index contributed by atoms with van der Waals surface area (Å²) in [6.45, 7) is 3.76. The zero-order valence-electron chi connectivity index (χ0n) is 10.4. The van der Waals surface area contributed by atoms with Crippen molar-refractivity contribution in [3.63, 3.8) is 0 Å². The van der Waals surface area contributed by atoms with Crippen molar-refractivity contribution >= 4 is 11.7 Å². The van der Waals surface area contributed by atoms with Gasteiger partial charge in [-0.05, 0) is 13.3 Å². The highest BCUT2D eigenvalue weighted by Gasteiger charge is 2.41. The van der Waals surface area contributed by atoms with Crippen LogP contribution < -0.4 is 5.32 Å². The van der Waals surface area contributed by atoms with Gasteiger partial charge in [-0.2, -0.15) is 13.2 Å². The Kier molecular flexibility index (Phi) is 4.62. The maximum atomic E-state index is 12.2. The largest absolute Gasteiger partial charge is 0.456 e. The summed E-state index contributed by atoms with van der Waals surface area (Å²) >= 11 is 0. The first-order chi connectivity index (χ1) is 8.77. The quantitative estimate of drug-likeness (QED) is 0.818. The van der Waals surface area contributed by atoms with Crippen LogP contribution in [0.2, 0.25) is 0 Å². The molecular weight excluding hydrogens is 265 g/mol. The second-order valence-electron chi connectivity index (χ2n) is 3.88. The summed E-state index contributed by atoms with van der Waals surface area (Å²) in [6.07, 6.45) is -3.46. The Balaban J connectivity index is 2.79. The molecule has 0 saturated heterocycles. The van der Waals surface area contributed by atoms with Gasteiger partial charge in [0.25, 0.3) is 5.78 Å². The first kappa shape index (κ1) is 15.1. The van der Waals surface area contributed by atoms with Gasteiger partial charge < -0.3 is 5.32 Å². The fraction of sp³-hybridized carbons (Fsp3) is 0.600. The molecule has 0 aliphatic rings. The van der Waals surface area contributed by atoms with E-state index >= 15 is 0 Å². The van der Waals surface area contributed by atoms with Crippen LogP contribution in [0.15, 0.2) is 6.20 Å². The van der Waals surface area contributed by atoms with Crippen molar-refractivity contribution in [2.24, 2.45) is 0 Å². The normalized spacial score (nSPS) is 13.1. The number of halogens is 3. The Morgan fingerprint density at radius 3 is 2.63 bits per heavy atom. The molecule has 0 spiro atoms. The van der Waals surface area contributed by atoms with Crippen LogP contribution in [-0.4, -0.2) is 39.4 Å². The minimum absolute atomic E-state index is 0.405. The number of hydrogen-bond donors (Lipinski definition) is 1. The summed E-state index contributed by atoms with van der Waals surface area (Å²) in [5.41, 5.74) is -0.831. The van der Waals surface area contributed by atoms with Gasteiger partial charge in [0, 0.05) is 6.54 Å². The van der Waals surface area contributed by atoms with E-state index in [9.17, 15) is 22.8 Å². The van der Waals surface area contributed by atoms with Gasteiger partial charge in [-0.1, -0.05) is 12.1 Å². The summed E-state index contributed by atoms with van der Waals surface area (Å²) in [5, 5.41) is 9.06. The molecule has 0 fully saturated rings. The van der Waals surface area contributed by atoms with Crippen molar-refractivity contribution in [2.45, 2.75) is 32.5 Å². The van der Waals surface area contributed by atoms with Gasteiger partial charge >= 0.3 is 6.18 Å². The number of hydrogen-bond acceptors (Lipinski definition) is 4. The number of rotatable bonds is 5. The predicted molar refractivity (Wildman–Crippen MR) is 58.4 cm³/mol. The van der Waals surface area contributed by atoms with Crippen molar-refractivity contribution in [1.82, 2.24) is 20.3 Å². The molecule has 106 valence electrons. The fourth-order valence-corrected chi connectivity index (χ4v) is 1.23.